The molecule has 3 heterocycles. The van der Waals surface area contributed by atoms with Gasteiger partial charge in [-0.2, -0.15) is 0 Å². The number of carbonyl (C=O) groups is 3. The summed E-state index contributed by atoms with van der Waals surface area (Å²) in [6.07, 6.45) is 1.88. The Morgan fingerprint density at radius 1 is 1.23 bits per heavy atom. The zero-order chi connectivity index (χ0) is 22.1. The van der Waals surface area contributed by atoms with Crippen LogP contribution < -0.4 is 21.3 Å². The fourth-order valence-corrected chi connectivity index (χ4v) is 4.71. The minimum atomic E-state index is -0.953. The van der Waals surface area contributed by atoms with Gasteiger partial charge in [-0.05, 0) is 25.8 Å². The molecule has 3 saturated heterocycles. The highest BCUT2D eigenvalue weighted by atomic mass is 16.6. The lowest BCUT2D eigenvalue weighted by Crippen LogP contribution is -2.75. The highest BCUT2D eigenvalue weighted by molar-refractivity contribution is 6.01. The van der Waals surface area contributed by atoms with E-state index in [1.807, 2.05) is 0 Å². The minimum absolute atomic E-state index is 0.0317. The Morgan fingerprint density at radius 2 is 2.00 bits per heavy atom. The van der Waals surface area contributed by atoms with E-state index in [0.717, 1.165) is 25.8 Å². The highest BCUT2D eigenvalue weighted by Crippen LogP contribution is 2.31. The zero-order valence-corrected chi connectivity index (χ0v) is 17.2. The Labute approximate surface area is 179 Å². The molecule has 3 aliphatic rings. The van der Waals surface area contributed by atoms with Crippen LogP contribution in [0.3, 0.4) is 0 Å². The van der Waals surface area contributed by atoms with Gasteiger partial charge in [0.15, 0.2) is 0 Å². The summed E-state index contributed by atoms with van der Waals surface area (Å²) in [6.45, 7) is 2.92. The lowest BCUT2D eigenvalue weighted by atomic mass is 9.81. The molecule has 5 atom stereocenters. The topological polar surface area (TPSA) is 146 Å². The van der Waals surface area contributed by atoms with Crippen LogP contribution in [-0.2, 0) is 14.4 Å². The molecule has 0 bridgehead atoms. The molecule has 4 rings (SSSR count). The summed E-state index contributed by atoms with van der Waals surface area (Å²) in [4.78, 5) is 51.1. The number of likely N-dealkylation sites (tertiary alicyclic amines) is 1. The molecule has 0 aliphatic carbocycles. The van der Waals surface area contributed by atoms with E-state index in [0.29, 0.717) is 0 Å². The standard InChI is InChI=1S/C20H26N6O5/c1-11-6-4-5-9-25(11)20-23-17-16(19(29)24-20)12(10-15(27)22-17)18(28)21-13-7-2-3-8-14(13)26(30)31/h2-3,7-8,11-12,16-17,20,23H,4-6,9-10H2,1H3,(H,21,28)(H,22,27)(H,24,29). The fourth-order valence-electron chi connectivity index (χ4n) is 4.71. The summed E-state index contributed by atoms with van der Waals surface area (Å²) < 4.78 is 0. The number of nitro benzene ring substituents is 1. The van der Waals surface area contributed by atoms with Crippen LogP contribution in [0.25, 0.3) is 0 Å². The molecule has 0 radical (unpaired) electrons. The van der Waals surface area contributed by atoms with Crippen LogP contribution in [0.5, 0.6) is 0 Å². The third kappa shape index (κ3) is 4.23. The van der Waals surface area contributed by atoms with Crippen LogP contribution in [-0.4, -0.2) is 52.6 Å². The second kappa shape index (κ2) is 8.60. The fraction of sp³-hybridized carbons (Fsp3) is 0.550. The van der Waals surface area contributed by atoms with E-state index in [2.05, 4.69) is 33.1 Å². The van der Waals surface area contributed by atoms with E-state index in [1.165, 1.54) is 18.2 Å². The number of piperidine rings is 2. The molecule has 166 valence electrons. The molecular weight excluding hydrogens is 404 g/mol. The average molecular weight is 430 g/mol. The van der Waals surface area contributed by atoms with Gasteiger partial charge in [0.05, 0.1) is 22.9 Å². The first-order chi connectivity index (χ1) is 14.8. The number of benzene rings is 1. The van der Waals surface area contributed by atoms with Crippen LogP contribution in [0.15, 0.2) is 24.3 Å². The van der Waals surface area contributed by atoms with Crippen LogP contribution in [0.2, 0.25) is 0 Å². The quantitative estimate of drug-likeness (QED) is 0.402. The van der Waals surface area contributed by atoms with Crippen molar-refractivity contribution in [3.05, 3.63) is 34.4 Å². The van der Waals surface area contributed by atoms with Gasteiger partial charge < -0.3 is 16.0 Å². The van der Waals surface area contributed by atoms with Gasteiger partial charge in [0.1, 0.15) is 12.0 Å². The summed E-state index contributed by atoms with van der Waals surface area (Å²) in [5, 5.41) is 22.8. The van der Waals surface area contributed by atoms with Crippen molar-refractivity contribution in [2.24, 2.45) is 11.8 Å². The van der Waals surface area contributed by atoms with Crippen LogP contribution >= 0.6 is 0 Å². The smallest absolute Gasteiger partial charge is 0.292 e. The van der Waals surface area contributed by atoms with Gasteiger partial charge in [0, 0.05) is 25.1 Å². The molecule has 0 spiro atoms. The van der Waals surface area contributed by atoms with Gasteiger partial charge >= 0.3 is 0 Å². The molecule has 0 aromatic heterocycles. The van der Waals surface area contributed by atoms with Gasteiger partial charge in [0.2, 0.25) is 17.7 Å². The molecule has 4 N–H and O–H groups in total. The Morgan fingerprint density at radius 3 is 2.74 bits per heavy atom. The maximum atomic E-state index is 13.0. The molecule has 11 heteroatoms. The van der Waals surface area contributed by atoms with Gasteiger partial charge in [0.25, 0.3) is 5.69 Å². The molecule has 31 heavy (non-hydrogen) atoms. The van der Waals surface area contributed by atoms with Crippen molar-refractivity contribution >= 4 is 29.1 Å². The molecule has 1 aromatic rings. The van der Waals surface area contributed by atoms with Crippen LogP contribution in [0.1, 0.15) is 32.6 Å². The Bertz CT molecular complexity index is 908. The molecule has 11 nitrogen and oxygen atoms in total. The van der Waals surface area contributed by atoms with E-state index < -0.39 is 35.1 Å². The summed E-state index contributed by atoms with van der Waals surface area (Å²) in [7, 11) is 0. The number of carbonyl (C=O) groups excluding carboxylic acids is 3. The normalized spacial score (nSPS) is 31.2. The summed E-state index contributed by atoms with van der Waals surface area (Å²) >= 11 is 0. The number of hydrogen-bond acceptors (Lipinski definition) is 7. The van der Waals surface area contributed by atoms with Crippen molar-refractivity contribution in [1.82, 2.24) is 20.9 Å². The Hall–Kier alpha value is -3.05. The predicted molar refractivity (Wildman–Crippen MR) is 110 cm³/mol. The highest BCUT2D eigenvalue weighted by Gasteiger charge is 2.49. The monoisotopic (exact) mass is 430 g/mol. The third-order valence-corrected chi connectivity index (χ3v) is 6.31. The number of nitro groups is 1. The number of nitrogens with one attached hydrogen (secondary N) is 4. The molecule has 0 saturated carbocycles. The number of hydrogen-bond donors (Lipinski definition) is 4. The van der Waals surface area contributed by atoms with Crippen LogP contribution in [0, 0.1) is 22.0 Å². The van der Waals surface area contributed by atoms with Crippen molar-refractivity contribution in [2.45, 2.75) is 51.1 Å². The van der Waals surface area contributed by atoms with Crippen molar-refractivity contribution in [3.8, 4) is 0 Å². The third-order valence-electron chi connectivity index (χ3n) is 6.31. The second-order valence-electron chi connectivity index (χ2n) is 8.31. The number of para-hydroxylation sites is 2. The molecule has 5 unspecified atom stereocenters. The lowest BCUT2D eigenvalue weighted by Gasteiger charge is -2.48. The number of amides is 3. The molecule has 3 fully saturated rings. The van der Waals surface area contributed by atoms with Crippen molar-refractivity contribution in [1.29, 1.82) is 0 Å². The van der Waals surface area contributed by atoms with E-state index in [9.17, 15) is 24.5 Å². The predicted octanol–water partition coefficient (Wildman–Crippen LogP) is 0.489. The number of anilines is 1. The van der Waals surface area contributed by atoms with Gasteiger partial charge in [-0.15, -0.1) is 0 Å². The maximum Gasteiger partial charge on any atom is 0.292 e. The summed E-state index contributed by atoms with van der Waals surface area (Å²) in [6, 6.07) is 6.05. The Balaban J connectivity index is 1.52. The number of nitrogens with zero attached hydrogens (tertiary/aromatic N) is 2. The number of rotatable bonds is 4. The molecule has 3 aliphatic heterocycles. The lowest BCUT2D eigenvalue weighted by molar-refractivity contribution is -0.383. The average Bonchev–Trinajstić information content (AvgIpc) is 2.73. The first kappa shape index (κ1) is 21.2. The van der Waals surface area contributed by atoms with E-state index in [4.69, 9.17) is 0 Å². The molecule has 3 amide bonds. The SMILES string of the molecule is CC1CCCCN1C1NC(=O)C2C(NC(=O)CC2C(=O)Nc2ccccc2[N+](=O)[O-])N1. The van der Waals surface area contributed by atoms with Gasteiger partial charge in [-0.1, -0.05) is 18.6 Å². The van der Waals surface area contributed by atoms with Gasteiger partial charge in [-0.3, -0.25) is 34.7 Å². The number of fused-ring (bicyclic) bond motifs is 1. The van der Waals surface area contributed by atoms with Crippen molar-refractivity contribution in [2.75, 3.05) is 11.9 Å². The second-order valence-corrected chi connectivity index (χ2v) is 8.31. The van der Waals surface area contributed by atoms with E-state index in [1.54, 1.807) is 6.07 Å². The van der Waals surface area contributed by atoms with E-state index in [-0.39, 0.29) is 35.7 Å². The minimum Gasteiger partial charge on any atom is -0.340 e. The van der Waals surface area contributed by atoms with Gasteiger partial charge in [-0.25, -0.2) is 0 Å². The van der Waals surface area contributed by atoms with Crippen molar-refractivity contribution < 1.29 is 19.3 Å². The Kier molecular flexibility index (Phi) is 5.88. The van der Waals surface area contributed by atoms with Crippen molar-refractivity contribution in [3.63, 3.8) is 0 Å². The van der Waals surface area contributed by atoms with E-state index >= 15 is 0 Å². The summed E-state index contributed by atoms with van der Waals surface area (Å²) in [5.74, 6) is -3.05. The first-order valence-electron chi connectivity index (χ1n) is 10.5. The van der Waals surface area contributed by atoms with Crippen LogP contribution in [0.4, 0.5) is 11.4 Å². The molecule has 1 aromatic carbocycles. The molecular formula is C20H26N6O5. The zero-order valence-electron chi connectivity index (χ0n) is 17.2. The largest absolute Gasteiger partial charge is 0.340 e. The first-order valence-corrected chi connectivity index (χ1v) is 10.5. The summed E-state index contributed by atoms with van der Waals surface area (Å²) in [5.41, 5.74) is -0.220. The maximum absolute atomic E-state index is 13.0.